The Kier molecular flexibility index (Phi) is 6.50. The molecule has 0 saturated heterocycles. The number of Topliss-reactive ketones (excluding diaryl/α,β-unsaturated/α-hetero) is 2. The van der Waals surface area contributed by atoms with Gasteiger partial charge in [-0.3, -0.25) is 9.59 Å². The van der Waals surface area contributed by atoms with Gasteiger partial charge in [-0.2, -0.15) is 0 Å². The van der Waals surface area contributed by atoms with Crippen molar-refractivity contribution < 1.29 is 19.4 Å². The molecule has 1 atom stereocenters. The molecule has 5 nitrogen and oxygen atoms in total. The van der Waals surface area contributed by atoms with Gasteiger partial charge in [-0.25, -0.2) is 4.99 Å². The van der Waals surface area contributed by atoms with Crippen LogP contribution in [0.1, 0.15) is 48.5 Å². The Balaban J connectivity index is 1.59. The first kappa shape index (κ1) is 22.2. The summed E-state index contributed by atoms with van der Waals surface area (Å²) in [7, 11) is 0. The average Bonchev–Trinajstić information content (AvgIpc) is 2.81. The molecule has 0 saturated carbocycles. The van der Waals surface area contributed by atoms with Gasteiger partial charge < -0.3 is 9.84 Å². The Morgan fingerprint density at radius 2 is 1.58 bits per heavy atom. The number of hydrogen-bond donors (Lipinski definition) is 1. The van der Waals surface area contributed by atoms with Gasteiger partial charge >= 0.3 is 0 Å². The molecule has 0 radical (unpaired) electrons. The first-order chi connectivity index (χ1) is 15.9. The summed E-state index contributed by atoms with van der Waals surface area (Å²) in [4.78, 5) is 29.0. The van der Waals surface area contributed by atoms with Crippen molar-refractivity contribution in [1.82, 2.24) is 0 Å². The van der Waals surface area contributed by atoms with Gasteiger partial charge in [0.25, 0.3) is 0 Å². The van der Waals surface area contributed by atoms with E-state index in [9.17, 15) is 14.7 Å². The van der Waals surface area contributed by atoms with E-state index in [4.69, 9.17) is 4.74 Å². The van der Waals surface area contributed by atoms with E-state index in [0.717, 1.165) is 5.56 Å². The van der Waals surface area contributed by atoms with Crippen molar-refractivity contribution in [2.24, 2.45) is 4.99 Å². The van der Waals surface area contributed by atoms with Gasteiger partial charge in [0.05, 0.1) is 11.3 Å². The first-order valence-corrected chi connectivity index (χ1v) is 10.9. The highest BCUT2D eigenvalue weighted by Crippen LogP contribution is 2.36. The Morgan fingerprint density at radius 3 is 2.24 bits per heavy atom. The lowest BCUT2D eigenvalue weighted by Gasteiger charge is -2.23. The molecule has 4 rings (SSSR count). The predicted molar refractivity (Wildman–Crippen MR) is 129 cm³/mol. The standard InChI is InChI=1S/C28H25NO4/c1-18(28-25(31)16-22(17-26(28)32)21-8-4-3-5-9-21)29-24-10-6-7-11-27(24)33-23-14-12-20(13-15-23)19(2)30/h3-15,22,31H,16-17H2,1-2H3. The fraction of sp³-hybridized carbons (Fsp3) is 0.179. The highest BCUT2D eigenvalue weighted by Gasteiger charge is 2.30. The molecule has 3 aromatic carbocycles. The first-order valence-electron chi connectivity index (χ1n) is 10.9. The molecule has 166 valence electrons. The summed E-state index contributed by atoms with van der Waals surface area (Å²) >= 11 is 0. The fourth-order valence-corrected chi connectivity index (χ4v) is 4.02. The normalized spacial score (nSPS) is 16.6. The molecule has 0 fully saturated rings. The van der Waals surface area contributed by atoms with E-state index in [0.29, 0.717) is 41.3 Å². The molecule has 1 aliphatic rings. The summed E-state index contributed by atoms with van der Waals surface area (Å²) in [5, 5.41) is 10.7. The number of carbonyl (C=O) groups excluding carboxylic acids is 2. The molecule has 1 N–H and O–H groups in total. The number of allylic oxidation sites excluding steroid dienone is 2. The summed E-state index contributed by atoms with van der Waals surface area (Å²) in [5.41, 5.74) is 2.93. The van der Waals surface area contributed by atoms with Gasteiger partial charge in [-0.1, -0.05) is 42.5 Å². The number of aliphatic hydroxyl groups excluding tert-OH is 1. The molecular formula is C28H25NO4. The van der Waals surface area contributed by atoms with Crippen molar-refractivity contribution in [2.45, 2.75) is 32.6 Å². The largest absolute Gasteiger partial charge is 0.511 e. The summed E-state index contributed by atoms with van der Waals surface area (Å²) < 4.78 is 5.98. The molecule has 0 bridgehead atoms. The second kappa shape index (κ2) is 9.65. The zero-order chi connectivity index (χ0) is 23.4. The maximum Gasteiger partial charge on any atom is 0.168 e. The quantitative estimate of drug-likeness (QED) is 0.341. The second-order valence-corrected chi connectivity index (χ2v) is 8.11. The molecule has 33 heavy (non-hydrogen) atoms. The predicted octanol–water partition coefficient (Wildman–Crippen LogP) is 6.73. The number of hydrogen-bond acceptors (Lipinski definition) is 5. The Morgan fingerprint density at radius 1 is 0.909 bits per heavy atom. The number of ether oxygens (including phenoxy) is 1. The number of aliphatic hydroxyl groups is 1. The summed E-state index contributed by atoms with van der Waals surface area (Å²) in [6.45, 7) is 3.24. The monoisotopic (exact) mass is 439 g/mol. The lowest BCUT2D eigenvalue weighted by molar-refractivity contribution is -0.116. The van der Waals surface area contributed by atoms with E-state index in [2.05, 4.69) is 4.99 Å². The third kappa shape index (κ3) is 5.09. The van der Waals surface area contributed by atoms with Crippen molar-refractivity contribution >= 4 is 23.0 Å². The van der Waals surface area contributed by atoms with Crippen molar-refractivity contribution in [3.63, 3.8) is 0 Å². The van der Waals surface area contributed by atoms with Crippen LogP contribution in [0.2, 0.25) is 0 Å². The summed E-state index contributed by atoms with van der Waals surface area (Å²) in [5.74, 6) is 0.983. The SMILES string of the molecule is CC(=O)c1ccc(Oc2ccccc2N=C(C)C2=C(O)CC(c3ccccc3)CC2=O)cc1. The Labute approximate surface area is 193 Å². The van der Waals surface area contributed by atoms with Crippen molar-refractivity contribution in [1.29, 1.82) is 0 Å². The minimum atomic E-state index is -0.118. The topological polar surface area (TPSA) is 76.0 Å². The van der Waals surface area contributed by atoms with E-state index >= 15 is 0 Å². The van der Waals surface area contributed by atoms with Crippen molar-refractivity contribution in [3.05, 3.63) is 101 Å². The molecule has 0 aromatic heterocycles. The van der Waals surface area contributed by atoms with E-state index in [1.165, 1.54) is 6.92 Å². The lowest BCUT2D eigenvalue weighted by atomic mass is 9.81. The van der Waals surface area contributed by atoms with Crippen LogP contribution in [0.4, 0.5) is 5.69 Å². The van der Waals surface area contributed by atoms with E-state index in [1.807, 2.05) is 42.5 Å². The lowest BCUT2D eigenvalue weighted by Crippen LogP contribution is -2.22. The van der Waals surface area contributed by atoms with Gasteiger partial charge in [-0.05, 0) is 61.7 Å². The maximum absolute atomic E-state index is 12.9. The Bertz CT molecular complexity index is 1240. The smallest absolute Gasteiger partial charge is 0.168 e. The van der Waals surface area contributed by atoms with Gasteiger partial charge in [0.15, 0.2) is 17.3 Å². The Hall–Kier alpha value is -3.99. The molecule has 1 unspecified atom stereocenters. The van der Waals surface area contributed by atoms with E-state index in [1.54, 1.807) is 43.3 Å². The number of rotatable bonds is 6. The van der Waals surface area contributed by atoms with Gasteiger partial charge in [0, 0.05) is 18.4 Å². The highest BCUT2D eigenvalue weighted by atomic mass is 16.5. The molecule has 0 heterocycles. The summed E-state index contributed by atoms with van der Waals surface area (Å²) in [6, 6.07) is 23.9. The number of aliphatic imine (C=N–C) groups is 1. The number of ketones is 2. The zero-order valence-electron chi connectivity index (χ0n) is 18.6. The fourth-order valence-electron chi connectivity index (χ4n) is 4.02. The van der Waals surface area contributed by atoms with Crippen LogP contribution in [0.5, 0.6) is 11.5 Å². The number of carbonyl (C=O) groups is 2. The van der Waals surface area contributed by atoms with Crippen LogP contribution < -0.4 is 4.74 Å². The third-order valence-electron chi connectivity index (χ3n) is 5.71. The molecule has 0 amide bonds. The molecule has 3 aromatic rings. The molecule has 0 spiro atoms. The number of benzene rings is 3. The minimum absolute atomic E-state index is 0.0121. The summed E-state index contributed by atoms with van der Waals surface area (Å²) in [6.07, 6.45) is 0.732. The van der Waals surface area contributed by atoms with Gasteiger partial charge in [0.2, 0.25) is 0 Å². The molecular weight excluding hydrogens is 414 g/mol. The van der Waals surface area contributed by atoms with Crippen LogP contribution in [-0.2, 0) is 4.79 Å². The zero-order valence-corrected chi connectivity index (χ0v) is 18.6. The molecule has 5 heteroatoms. The van der Waals surface area contributed by atoms with Crippen LogP contribution in [-0.4, -0.2) is 22.4 Å². The van der Waals surface area contributed by atoms with Crippen LogP contribution in [0.3, 0.4) is 0 Å². The molecule has 0 aliphatic heterocycles. The average molecular weight is 440 g/mol. The van der Waals surface area contributed by atoms with Crippen LogP contribution in [0.15, 0.2) is 95.2 Å². The minimum Gasteiger partial charge on any atom is -0.511 e. The highest BCUT2D eigenvalue weighted by molar-refractivity contribution is 6.23. The van der Waals surface area contributed by atoms with Crippen molar-refractivity contribution in [3.8, 4) is 11.5 Å². The van der Waals surface area contributed by atoms with E-state index in [-0.39, 0.29) is 28.8 Å². The van der Waals surface area contributed by atoms with Gasteiger partial charge in [0.1, 0.15) is 17.2 Å². The third-order valence-corrected chi connectivity index (χ3v) is 5.71. The van der Waals surface area contributed by atoms with Crippen molar-refractivity contribution in [2.75, 3.05) is 0 Å². The van der Waals surface area contributed by atoms with Crippen LogP contribution >= 0.6 is 0 Å². The number of para-hydroxylation sites is 2. The number of nitrogens with zero attached hydrogens (tertiary/aromatic N) is 1. The maximum atomic E-state index is 12.9. The van der Waals surface area contributed by atoms with Crippen LogP contribution in [0.25, 0.3) is 0 Å². The van der Waals surface area contributed by atoms with E-state index < -0.39 is 0 Å². The second-order valence-electron chi connectivity index (χ2n) is 8.11. The van der Waals surface area contributed by atoms with Crippen LogP contribution in [0, 0.1) is 0 Å². The van der Waals surface area contributed by atoms with Gasteiger partial charge in [-0.15, -0.1) is 0 Å². The molecule has 1 aliphatic carbocycles.